The molecule has 0 aliphatic carbocycles. The van der Waals surface area contributed by atoms with E-state index in [0.29, 0.717) is 19.2 Å². The van der Waals surface area contributed by atoms with Crippen LogP contribution in [0.2, 0.25) is 0 Å². The van der Waals surface area contributed by atoms with Gasteiger partial charge in [-0.15, -0.1) is 0 Å². The monoisotopic (exact) mass is 566 g/mol. The van der Waals surface area contributed by atoms with Gasteiger partial charge in [-0.25, -0.2) is 9.97 Å². The number of aryl methyl sites for hydroxylation is 1. The van der Waals surface area contributed by atoms with Gasteiger partial charge in [0.05, 0.1) is 43.3 Å². The highest BCUT2D eigenvalue weighted by molar-refractivity contribution is 5.87. The summed E-state index contributed by atoms with van der Waals surface area (Å²) in [5.74, 6) is 1.42. The number of oxazole rings is 1. The standard InChI is InChI=1S/C31H34N8O3/c1-37-29-18-23(4-7-25(29)26(36-37)8-9-38-10-14-40-15-11-38)27-19-30(35-31(34-27)39-12-16-41-17-13-39)33-24-5-2-22(3-6-24)28-20-42-21-32-28/h2-7,18-21H,8-17H2,1H3,(H,33,34,35). The molecule has 2 saturated heterocycles. The van der Waals surface area contributed by atoms with Gasteiger partial charge < -0.3 is 24.1 Å². The van der Waals surface area contributed by atoms with Gasteiger partial charge in [-0.05, 0) is 18.2 Å². The second kappa shape index (κ2) is 11.9. The van der Waals surface area contributed by atoms with E-state index >= 15 is 0 Å². The van der Waals surface area contributed by atoms with Crippen molar-refractivity contribution in [2.45, 2.75) is 6.42 Å². The zero-order valence-corrected chi connectivity index (χ0v) is 23.7. The second-order valence-corrected chi connectivity index (χ2v) is 10.6. The van der Waals surface area contributed by atoms with Crippen LogP contribution in [0, 0.1) is 0 Å². The first-order chi connectivity index (χ1) is 20.7. The lowest BCUT2D eigenvalue weighted by molar-refractivity contribution is 0.0383. The van der Waals surface area contributed by atoms with E-state index in [2.05, 4.69) is 38.3 Å². The summed E-state index contributed by atoms with van der Waals surface area (Å²) in [7, 11) is 2.01. The number of benzene rings is 2. The molecule has 11 heteroatoms. The maximum absolute atomic E-state index is 5.58. The molecule has 0 bridgehead atoms. The first-order valence-electron chi connectivity index (χ1n) is 14.4. The first kappa shape index (κ1) is 26.6. The van der Waals surface area contributed by atoms with Crippen molar-refractivity contribution in [1.82, 2.24) is 29.6 Å². The Morgan fingerprint density at radius 3 is 2.36 bits per heavy atom. The molecule has 2 fully saturated rings. The number of nitrogens with zero attached hydrogens (tertiary/aromatic N) is 7. The fourth-order valence-corrected chi connectivity index (χ4v) is 5.54. The molecule has 0 unspecified atom stereocenters. The molecule has 7 rings (SSSR count). The van der Waals surface area contributed by atoms with E-state index in [1.165, 1.54) is 11.8 Å². The Kier molecular flexibility index (Phi) is 7.52. The molecule has 11 nitrogen and oxygen atoms in total. The van der Waals surface area contributed by atoms with E-state index in [4.69, 9.17) is 29.0 Å². The van der Waals surface area contributed by atoms with Gasteiger partial charge in [0.2, 0.25) is 5.95 Å². The van der Waals surface area contributed by atoms with Gasteiger partial charge in [0.25, 0.3) is 0 Å². The van der Waals surface area contributed by atoms with E-state index in [1.807, 2.05) is 42.1 Å². The number of fused-ring (bicyclic) bond motifs is 1. The minimum Gasteiger partial charge on any atom is -0.451 e. The summed E-state index contributed by atoms with van der Waals surface area (Å²) in [6.45, 7) is 7.39. The Labute approximate surface area is 244 Å². The van der Waals surface area contributed by atoms with Crippen LogP contribution in [0.25, 0.3) is 33.4 Å². The van der Waals surface area contributed by atoms with Crippen LogP contribution >= 0.6 is 0 Å². The van der Waals surface area contributed by atoms with Crippen LogP contribution in [0.5, 0.6) is 0 Å². The first-order valence-corrected chi connectivity index (χ1v) is 14.4. The molecular formula is C31H34N8O3. The highest BCUT2D eigenvalue weighted by Crippen LogP contribution is 2.30. The fourth-order valence-electron chi connectivity index (χ4n) is 5.54. The van der Waals surface area contributed by atoms with E-state index in [-0.39, 0.29) is 0 Å². The summed E-state index contributed by atoms with van der Waals surface area (Å²) in [4.78, 5) is 18.8. The van der Waals surface area contributed by atoms with Gasteiger partial charge in [-0.2, -0.15) is 10.1 Å². The number of morpholine rings is 2. The van der Waals surface area contributed by atoms with Crippen molar-refractivity contribution in [2.24, 2.45) is 7.05 Å². The summed E-state index contributed by atoms with van der Waals surface area (Å²) in [5, 5.41) is 9.55. The number of rotatable bonds is 8. The van der Waals surface area contributed by atoms with Gasteiger partial charge in [-0.1, -0.05) is 24.3 Å². The highest BCUT2D eigenvalue weighted by Gasteiger charge is 2.18. The molecule has 0 radical (unpaired) electrons. The molecule has 3 aromatic heterocycles. The van der Waals surface area contributed by atoms with Crippen LogP contribution in [-0.4, -0.2) is 88.8 Å². The number of hydrogen-bond donors (Lipinski definition) is 1. The van der Waals surface area contributed by atoms with E-state index < -0.39 is 0 Å². The molecule has 0 amide bonds. The molecule has 42 heavy (non-hydrogen) atoms. The van der Waals surface area contributed by atoms with Crippen molar-refractivity contribution in [2.75, 3.05) is 69.4 Å². The summed E-state index contributed by atoms with van der Waals surface area (Å²) >= 11 is 0. The van der Waals surface area contributed by atoms with Crippen LogP contribution < -0.4 is 10.2 Å². The van der Waals surface area contributed by atoms with Gasteiger partial charge in [-0.3, -0.25) is 9.58 Å². The van der Waals surface area contributed by atoms with Crippen molar-refractivity contribution in [3.63, 3.8) is 0 Å². The summed E-state index contributed by atoms with van der Waals surface area (Å²) in [6.07, 6.45) is 3.99. The summed E-state index contributed by atoms with van der Waals surface area (Å²) in [6, 6.07) is 16.6. The smallest absolute Gasteiger partial charge is 0.228 e. The Balaban J connectivity index is 1.18. The van der Waals surface area contributed by atoms with Crippen molar-refractivity contribution >= 4 is 28.4 Å². The van der Waals surface area contributed by atoms with Gasteiger partial charge in [0.15, 0.2) is 6.39 Å². The van der Waals surface area contributed by atoms with Crippen LogP contribution in [0.4, 0.5) is 17.5 Å². The SMILES string of the molecule is Cn1nc(CCN2CCOCC2)c2ccc(-c3cc(Nc4ccc(-c5cocn5)cc4)nc(N4CCOCC4)n3)cc21. The molecule has 2 aliphatic heterocycles. The van der Waals surface area contributed by atoms with Crippen LogP contribution in [0.1, 0.15) is 5.69 Å². The lowest BCUT2D eigenvalue weighted by Crippen LogP contribution is -2.37. The molecule has 2 aromatic carbocycles. The molecule has 0 saturated carbocycles. The van der Waals surface area contributed by atoms with Crippen LogP contribution in [-0.2, 0) is 22.9 Å². The zero-order valence-electron chi connectivity index (χ0n) is 23.7. The Hall–Kier alpha value is -4.32. The average Bonchev–Trinajstić information content (AvgIpc) is 3.69. The lowest BCUT2D eigenvalue weighted by Gasteiger charge is -2.27. The minimum absolute atomic E-state index is 0.661. The van der Waals surface area contributed by atoms with Crippen molar-refractivity contribution in [3.05, 3.63) is 66.9 Å². The third kappa shape index (κ3) is 5.71. The molecule has 216 valence electrons. The van der Waals surface area contributed by atoms with E-state index in [9.17, 15) is 0 Å². The van der Waals surface area contributed by atoms with E-state index in [1.54, 1.807) is 6.26 Å². The quantitative estimate of drug-likeness (QED) is 0.295. The summed E-state index contributed by atoms with van der Waals surface area (Å²) < 4.78 is 18.2. The van der Waals surface area contributed by atoms with Gasteiger partial charge >= 0.3 is 0 Å². The third-order valence-electron chi connectivity index (χ3n) is 7.89. The summed E-state index contributed by atoms with van der Waals surface area (Å²) in [5.41, 5.74) is 6.80. The van der Waals surface area contributed by atoms with Gasteiger partial charge in [0, 0.05) is 74.5 Å². The maximum Gasteiger partial charge on any atom is 0.228 e. The molecular weight excluding hydrogens is 532 g/mol. The second-order valence-electron chi connectivity index (χ2n) is 10.6. The zero-order chi connectivity index (χ0) is 28.3. The predicted octanol–water partition coefficient (Wildman–Crippen LogP) is 4.14. The topological polar surface area (TPSA) is 107 Å². The Bertz CT molecular complexity index is 1640. The number of hydrogen-bond acceptors (Lipinski definition) is 10. The molecule has 2 aliphatic rings. The van der Waals surface area contributed by atoms with Crippen molar-refractivity contribution in [1.29, 1.82) is 0 Å². The van der Waals surface area contributed by atoms with Crippen molar-refractivity contribution in [3.8, 4) is 22.5 Å². The van der Waals surface area contributed by atoms with Crippen LogP contribution in [0.3, 0.4) is 0 Å². The minimum atomic E-state index is 0.661. The molecule has 5 aromatic rings. The number of nitrogens with one attached hydrogen (secondary N) is 1. The maximum atomic E-state index is 5.58. The van der Waals surface area contributed by atoms with E-state index in [0.717, 1.165) is 97.6 Å². The highest BCUT2D eigenvalue weighted by atomic mass is 16.5. The third-order valence-corrected chi connectivity index (χ3v) is 7.89. The molecule has 0 spiro atoms. The largest absolute Gasteiger partial charge is 0.451 e. The Morgan fingerprint density at radius 1 is 0.833 bits per heavy atom. The predicted molar refractivity (Wildman–Crippen MR) is 161 cm³/mol. The fraction of sp³-hybridized carbons (Fsp3) is 0.355. The van der Waals surface area contributed by atoms with Crippen LogP contribution in [0.15, 0.2) is 65.6 Å². The average molecular weight is 567 g/mol. The normalized spacial score (nSPS) is 16.3. The van der Waals surface area contributed by atoms with Crippen molar-refractivity contribution < 1.29 is 13.9 Å². The number of ether oxygens (including phenoxy) is 2. The number of aromatic nitrogens is 5. The number of anilines is 3. The van der Waals surface area contributed by atoms with Gasteiger partial charge in [0.1, 0.15) is 17.8 Å². The molecule has 0 atom stereocenters. The molecule has 1 N–H and O–H groups in total. The Morgan fingerprint density at radius 2 is 1.60 bits per heavy atom. The lowest BCUT2D eigenvalue weighted by atomic mass is 10.1. The molecule has 5 heterocycles.